The van der Waals surface area contributed by atoms with Crippen LogP contribution in [0.3, 0.4) is 0 Å². The number of aromatic nitrogens is 2. The quantitative estimate of drug-likeness (QED) is 0.832. The first-order chi connectivity index (χ1) is 8.74. The van der Waals surface area contributed by atoms with Gasteiger partial charge < -0.3 is 9.80 Å². The van der Waals surface area contributed by atoms with Crippen LogP contribution < -0.4 is 9.80 Å². The van der Waals surface area contributed by atoms with E-state index < -0.39 is 0 Å². The first-order valence-corrected chi connectivity index (χ1v) is 6.53. The van der Waals surface area contributed by atoms with E-state index in [0.29, 0.717) is 0 Å². The van der Waals surface area contributed by atoms with Crippen LogP contribution in [-0.2, 0) is 6.54 Å². The largest absolute Gasteiger partial charge is 0.371 e. The molecule has 2 heterocycles. The topological polar surface area (TPSA) is 32.3 Å². The molecule has 0 N–H and O–H groups in total. The van der Waals surface area contributed by atoms with Crippen molar-refractivity contribution < 1.29 is 4.39 Å². The van der Waals surface area contributed by atoms with Crippen molar-refractivity contribution in [3.8, 4) is 0 Å². The molecule has 4 nitrogen and oxygen atoms in total. The van der Waals surface area contributed by atoms with Crippen LogP contribution in [-0.4, -0.2) is 29.7 Å². The van der Waals surface area contributed by atoms with Crippen molar-refractivity contribution >= 4 is 22.9 Å². The lowest BCUT2D eigenvalue weighted by molar-refractivity contribution is 0.624. The van der Waals surface area contributed by atoms with Crippen LogP contribution >= 0.6 is 11.5 Å². The maximum absolute atomic E-state index is 13.3. The highest BCUT2D eigenvalue weighted by atomic mass is 32.1. The lowest BCUT2D eigenvalue weighted by Gasteiger charge is -2.36. The number of anilines is 2. The fourth-order valence-corrected chi connectivity index (χ4v) is 2.70. The van der Waals surface area contributed by atoms with Gasteiger partial charge in [0.1, 0.15) is 5.82 Å². The summed E-state index contributed by atoms with van der Waals surface area (Å²) in [5.41, 5.74) is 2.01. The zero-order valence-corrected chi connectivity index (χ0v) is 10.8. The second kappa shape index (κ2) is 4.53. The molecular formula is C12H13FN4S. The zero-order chi connectivity index (χ0) is 12.5. The Morgan fingerprint density at radius 3 is 3.00 bits per heavy atom. The molecule has 0 bridgehead atoms. The highest BCUT2D eigenvalue weighted by Gasteiger charge is 2.21. The van der Waals surface area contributed by atoms with Crippen molar-refractivity contribution in [3.05, 3.63) is 35.1 Å². The number of likely N-dealkylation sites (N-methyl/N-ethyl adjacent to an activating group) is 1. The van der Waals surface area contributed by atoms with Gasteiger partial charge in [-0.3, -0.25) is 0 Å². The minimum absolute atomic E-state index is 0.193. The molecule has 0 atom stereocenters. The van der Waals surface area contributed by atoms with Crippen molar-refractivity contribution in [1.82, 2.24) is 9.59 Å². The Bertz CT molecular complexity index is 543. The van der Waals surface area contributed by atoms with Crippen molar-refractivity contribution in [1.29, 1.82) is 0 Å². The van der Waals surface area contributed by atoms with Gasteiger partial charge in [-0.15, -0.1) is 5.10 Å². The molecule has 0 amide bonds. The molecule has 6 heteroatoms. The summed E-state index contributed by atoms with van der Waals surface area (Å²) in [6.07, 6.45) is 1.78. The average Bonchev–Trinajstić information content (AvgIpc) is 2.86. The van der Waals surface area contributed by atoms with Crippen LogP contribution in [0.1, 0.15) is 4.88 Å². The fourth-order valence-electron chi connectivity index (χ4n) is 2.19. The van der Waals surface area contributed by atoms with E-state index in [1.54, 1.807) is 12.3 Å². The summed E-state index contributed by atoms with van der Waals surface area (Å²) in [5.74, 6) is -0.193. The summed E-state index contributed by atoms with van der Waals surface area (Å²) >= 11 is 1.40. The predicted molar refractivity (Wildman–Crippen MR) is 70.6 cm³/mol. The minimum atomic E-state index is -0.193. The monoisotopic (exact) mass is 264 g/mol. The van der Waals surface area contributed by atoms with Crippen LogP contribution in [0.25, 0.3) is 0 Å². The number of hydrogen-bond donors (Lipinski definition) is 0. The van der Waals surface area contributed by atoms with Gasteiger partial charge >= 0.3 is 0 Å². The summed E-state index contributed by atoms with van der Waals surface area (Å²) < 4.78 is 17.2. The molecule has 1 aromatic carbocycles. The number of fused-ring (bicyclic) bond motifs is 1. The van der Waals surface area contributed by atoms with Gasteiger partial charge in [-0.25, -0.2) is 4.39 Å². The Balaban J connectivity index is 1.93. The molecule has 1 aliphatic rings. The van der Waals surface area contributed by atoms with Gasteiger partial charge in [0.2, 0.25) is 0 Å². The van der Waals surface area contributed by atoms with Gasteiger partial charge in [0.15, 0.2) is 0 Å². The minimum Gasteiger partial charge on any atom is -0.371 e. The van der Waals surface area contributed by atoms with Gasteiger partial charge in [0, 0.05) is 20.1 Å². The number of halogens is 1. The molecule has 18 heavy (non-hydrogen) atoms. The smallest absolute Gasteiger partial charge is 0.125 e. The third-order valence-corrected chi connectivity index (χ3v) is 3.79. The van der Waals surface area contributed by atoms with E-state index in [4.69, 9.17) is 0 Å². The third kappa shape index (κ3) is 2.03. The molecule has 0 saturated heterocycles. The molecule has 0 saturated carbocycles. The Kier molecular flexibility index (Phi) is 2.87. The van der Waals surface area contributed by atoms with E-state index >= 15 is 0 Å². The van der Waals surface area contributed by atoms with Crippen molar-refractivity contribution in [2.75, 3.05) is 29.9 Å². The summed E-state index contributed by atoms with van der Waals surface area (Å²) in [7, 11) is 1.99. The van der Waals surface area contributed by atoms with Crippen molar-refractivity contribution in [2.24, 2.45) is 0 Å². The van der Waals surface area contributed by atoms with Gasteiger partial charge in [-0.2, -0.15) is 0 Å². The number of rotatable bonds is 2. The Labute approximate surface area is 109 Å². The molecule has 0 radical (unpaired) electrons. The highest BCUT2D eigenvalue weighted by Crippen LogP contribution is 2.33. The van der Waals surface area contributed by atoms with Gasteiger partial charge in [0.05, 0.1) is 29.0 Å². The maximum Gasteiger partial charge on any atom is 0.125 e. The van der Waals surface area contributed by atoms with Gasteiger partial charge in [-0.1, -0.05) is 4.49 Å². The molecule has 0 aliphatic carbocycles. The van der Waals surface area contributed by atoms with Gasteiger partial charge in [-0.05, 0) is 29.7 Å². The predicted octanol–water partition coefficient (Wildman–Crippen LogP) is 2.13. The van der Waals surface area contributed by atoms with E-state index in [1.807, 2.05) is 13.1 Å². The molecule has 0 spiro atoms. The third-order valence-electron chi connectivity index (χ3n) is 3.15. The summed E-state index contributed by atoms with van der Waals surface area (Å²) in [4.78, 5) is 5.44. The van der Waals surface area contributed by atoms with Crippen LogP contribution in [0.2, 0.25) is 0 Å². The van der Waals surface area contributed by atoms with Crippen molar-refractivity contribution in [3.63, 3.8) is 0 Å². The number of nitrogens with zero attached hydrogens (tertiary/aromatic N) is 4. The van der Waals surface area contributed by atoms with Crippen molar-refractivity contribution in [2.45, 2.75) is 6.54 Å². The van der Waals surface area contributed by atoms with Crippen LogP contribution in [0.4, 0.5) is 15.8 Å². The number of hydrogen-bond acceptors (Lipinski definition) is 5. The van der Waals surface area contributed by atoms with Crippen LogP contribution in [0.15, 0.2) is 24.4 Å². The van der Waals surface area contributed by atoms with E-state index in [2.05, 4.69) is 19.4 Å². The number of benzene rings is 1. The Hall–Kier alpha value is -1.69. The second-order valence-corrected chi connectivity index (χ2v) is 5.23. The Morgan fingerprint density at radius 2 is 2.22 bits per heavy atom. The Morgan fingerprint density at radius 1 is 1.33 bits per heavy atom. The SMILES string of the molecule is CN1CCN(Cc2cnns2)c2ccc(F)cc21. The molecule has 1 aliphatic heterocycles. The summed E-state index contributed by atoms with van der Waals surface area (Å²) in [6.45, 7) is 2.60. The standard InChI is InChI=1S/C12H13FN4S/c1-16-4-5-17(8-10-7-14-15-18-10)11-3-2-9(13)6-12(11)16/h2-3,6-7H,4-5,8H2,1H3. The van der Waals surface area contributed by atoms with E-state index in [-0.39, 0.29) is 5.82 Å². The molecular weight excluding hydrogens is 251 g/mol. The molecule has 0 unspecified atom stereocenters. The molecule has 94 valence electrons. The van der Waals surface area contributed by atoms with E-state index in [9.17, 15) is 4.39 Å². The van der Waals surface area contributed by atoms with Crippen LogP contribution in [0.5, 0.6) is 0 Å². The first-order valence-electron chi connectivity index (χ1n) is 5.76. The molecule has 0 fully saturated rings. The summed E-state index contributed by atoms with van der Waals surface area (Å²) in [6, 6.07) is 4.94. The molecule has 2 aromatic rings. The summed E-state index contributed by atoms with van der Waals surface area (Å²) in [5, 5.41) is 3.84. The zero-order valence-electron chi connectivity index (χ0n) is 10.0. The highest BCUT2D eigenvalue weighted by molar-refractivity contribution is 7.05. The van der Waals surface area contributed by atoms with Gasteiger partial charge in [0.25, 0.3) is 0 Å². The average molecular weight is 264 g/mol. The second-order valence-electron chi connectivity index (χ2n) is 4.36. The maximum atomic E-state index is 13.3. The lowest BCUT2D eigenvalue weighted by Crippen LogP contribution is -2.38. The first kappa shape index (κ1) is 11.4. The lowest BCUT2D eigenvalue weighted by atomic mass is 10.1. The fraction of sp³-hybridized carbons (Fsp3) is 0.333. The van der Waals surface area contributed by atoms with Crippen LogP contribution in [0, 0.1) is 5.82 Å². The van der Waals surface area contributed by atoms with E-state index in [0.717, 1.165) is 35.9 Å². The normalized spacial score (nSPS) is 14.8. The molecule has 1 aromatic heterocycles. The van der Waals surface area contributed by atoms with E-state index in [1.165, 1.54) is 17.6 Å². The molecule has 3 rings (SSSR count).